The summed E-state index contributed by atoms with van der Waals surface area (Å²) in [6, 6.07) is 0. The third-order valence-electron chi connectivity index (χ3n) is 1.51. The average molecular weight is 259 g/mol. The summed E-state index contributed by atoms with van der Waals surface area (Å²) in [7, 11) is 0. The van der Waals surface area contributed by atoms with Gasteiger partial charge in [-0.2, -0.15) is 0 Å². The van der Waals surface area contributed by atoms with Crippen molar-refractivity contribution in [3.05, 3.63) is 0 Å². The Morgan fingerprint density at radius 2 is 1.47 bits per heavy atom. The van der Waals surface area contributed by atoms with E-state index >= 15 is 0 Å². The Kier molecular flexibility index (Phi) is 13.3. The van der Waals surface area contributed by atoms with Crippen LogP contribution in [0.2, 0.25) is 0 Å². The first kappa shape index (κ1) is 20.8. The molecule has 0 aromatic carbocycles. The number of hydrogen-bond acceptors (Lipinski definition) is 6. The minimum atomic E-state index is -2.20. The number of aliphatic hydroxyl groups is 5. The average Bonchev–Trinajstić information content (AvgIpc) is 2.12. The van der Waals surface area contributed by atoms with Crippen LogP contribution in [0.25, 0.3) is 0 Å². The Balaban J connectivity index is -0.000000720. The summed E-state index contributed by atoms with van der Waals surface area (Å²) >= 11 is 0. The Bertz CT molecular complexity index is 181. The zero-order chi connectivity index (χ0) is 10.6. The molecule has 0 saturated carbocycles. The van der Waals surface area contributed by atoms with E-state index in [-0.39, 0.29) is 35.9 Å². The second kappa shape index (κ2) is 9.60. The molecule has 0 heterocycles. The van der Waals surface area contributed by atoms with E-state index in [1.807, 2.05) is 0 Å². The normalized spacial score (nSPS) is 17.7. The number of carboxylic acids is 1. The van der Waals surface area contributed by atoms with Crippen LogP contribution in [0.15, 0.2) is 0 Å². The first-order valence-electron chi connectivity index (χ1n) is 3.47. The van der Waals surface area contributed by atoms with Gasteiger partial charge in [-0.15, -0.1) is 0 Å². The Hall–Kier alpha value is 0.387. The minimum Gasteiger partial charge on any atom is 0 e. The number of rotatable bonds is 5. The van der Waals surface area contributed by atoms with Crippen molar-refractivity contribution >= 4 is 24.8 Å². The Morgan fingerprint density at radius 1 is 1.07 bits per heavy atom. The fourth-order valence-electron chi connectivity index (χ4n) is 0.668. The summed E-state index contributed by atoms with van der Waals surface area (Å²) in [5.41, 5.74) is 0. The van der Waals surface area contributed by atoms with Gasteiger partial charge < -0.3 is 30.6 Å². The Labute approximate surface area is 108 Å². The molecule has 0 aliphatic heterocycles. The summed E-state index contributed by atoms with van der Waals surface area (Å²) in [5.74, 6) is -1.73. The van der Waals surface area contributed by atoms with E-state index in [1.54, 1.807) is 0 Å². The van der Waals surface area contributed by atoms with Gasteiger partial charge >= 0.3 is 24.8 Å². The molecule has 0 fully saturated rings. The summed E-state index contributed by atoms with van der Waals surface area (Å²) in [6.07, 6.45) is -7.84. The van der Waals surface area contributed by atoms with Crippen molar-refractivity contribution in [3.63, 3.8) is 0 Å². The van der Waals surface area contributed by atoms with Crippen molar-refractivity contribution < 1.29 is 52.5 Å². The molecule has 15 heavy (non-hydrogen) atoms. The predicted molar refractivity (Wildman–Crippen MR) is 45.9 cm³/mol. The van der Waals surface area contributed by atoms with Gasteiger partial charge in [0.15, 0.2) is 6.10 Å². The maximum Gasteiger partial charge on any atom is 0 e. The molecule has 0 amide bonds. The third kappa shape index (κ3) is 6.53. The number of hydrogen-bond donors (Lipinski definition) is 6. The molecule has 9 heteroatoms. The molecule has 0 aromatic rings. The molecule has 0 spiro atoms. The quantitative estimate of drug-likeness (QED) is 0.275. The monoisotopic (exact) mass is 259 g/mol. The van der Waals surface area contributed by atoms with Crippen molar-refractivity contribution in [2.24, 2.45) is 0 Å². The molecule has 0 bridgehead atoms. The smallest absolute Gasteiger partial charge is 0 e. The van der Waals surface area contributed by atoms with Crippen LogP contribution in [0.4, 0.5) is 0 Å². The van der Waals surface area contributed by atoms with E-state index in [0.29, 0.717) is 0 Å². The molecular weight excluding hydrogens is 246 g/mol. The van der Waals surface area contributed by atoms with Crippen molar-refractivity contribution in [1.82, 2.24) is 0 Å². The van der Waals surface area contributed by atoms with Crippen LogP contribution in [0.3, 0.4) is 0 Å². The van der Waals surface area contributed by atoms with E-state index in [2.05, 4.69) is 0 Å². The van der Waals surface area contributed by atoms with Crippen LogP contribution in [0, 0.1) is 0 Å². The second-order valence-corrected chi connectivity index (χ2v) is 2.51. The van der Waals surface area contributed by atoms with E-state index in [9.17, 15) is 4.79 Å². The largest absolute Gasteiger partial charge is 0 e. The van der Waals surface area contributed by atoms with E-state index < -0.39 is 37.0 Å². The molecule has 0 aliphatic carbocycles. The van der Waals surface area contributed by atoms with Gasteiger partial charge in [-0.1, -0.05) is 0 Å². The number of carboxylic acid groups (broad SMARTS) is 1. The fraction of sp³-hybridized carbons (Fsp3) is 0.833. The summed E-state index contributed by atoms with van der Waals surface area (Å²) < 4.78 is 0. The molecule has 0 aromatic heterocycles. The zero-order valence-corrected chi connectivity index (χ0v) is 8.17. The van der Waals surface area contributed by atoms with E-state index in [4.69, 9.17) is 30.6 Å². The van der Waals surface area contributed by atoms with Gasteiger partial charge in [0.05, 0.1) is 6.61 Å². The van der Waals surface area contributed by atoms with Gasteiger partial charge in [-0.25, -0.2) is 4.79 Å². The van der Waals surface area contributed by atoms with Crippen LogP contribution in [0.1, 0.15) is 0 Å². The molecule has 7 nitrogen and oxygen atoms in total. The molecule has 1 radical (unpaired) electrons. The minimum absolute atomic E-state index is 0. The maximum absolute atomic E-state index is 10.1. The van der Waals surface area contributed by atoms with Gasteiger partial charge in [-0.05, 0) is 0 Å². The maximum atomic E-state index is 10.1. The molecule has 0 unspecified atom stereocenters. The van der Waals surface area contributed by atoms with Gasteiger partial charge in [0.25, 0.3) is 0 Å². The molecule has 6 N–H and O–H groups in total. The van der Waals surface area contributed by atoms with Gasteiger partial charge in [0, 0.05) is 17.1 Å². The van der Waals surface area contributed by atoms with Crippen LogP contribution in [-0.4, -0.2) is 86.5 Å². The standard InChI is InChI=1S/C6H12O7.Li.Mn.H/c7-1-2(8)3(9)4(10)5(11)6(12)13;;;/h2-5,7-11H,1H2,(H,12,13);;;/t2-,3-,4+,5-;;;/m1.../s1. The fourth-order valence-corrected chi connectivity index (χ4v) is 0.668. The zero-order valence-electron chi connectivity index (χ0n) is 6.99. The van der Waals surface area contributed by atoms with Crippen molar-refractivity contribution in [1.29, 1.82) is 0 Å². The predicted octanol–water partition coefficient (Wildman–Crippen LogP) is -4.14. The van der Waals surface area contributed by atoms with Crippen molar-refractivity contribution in [3.8, 4) is 0 Å². The second-order valence-electron chi connectivity index (χ2n) is 2.51. The molecule has 0 saturated heterocycles. The summed E-state index contributed by atoms with van der Waals surface area (Å²) in [5, 5.41) is 51.8. The topological polar surface area (TPSA) is 138 Å². The molecule has 87 valence electrons. The molecule has 0 aliphatic rings. The number of carbonyl (C=O) groups is 1. The first-order valence-corrected chi connectivity index (χ1v) is 3.47. The van der Waals surface area contributed by atoms with Gasteiger partial charge in [0.2, 0.25) is 0 Å². The van der Waals surface area contributed by atoms with E-state index in [1.165, 1.54) is 0 Å². The van der Waals surface area contributed by atoms with Crippen LogP contribution in [-0.2, 0) is 21.9 Å². The van der Waals surface area contributed by atoms with Crippen LogP contribution < -0.4 is 0 Å². The van der Waals surface area contributed by atoms with Gasteiger partial charge in [0.1, 0.15) is 18.3 Å². The van der Waals surface area contributed by atoms with Gasteiger partial charge in [-0.3, -0.25) is 0 Å². The van der Waals surface area contributed by atoms with Crippen molar-refractivity contribution in [2.45, 2.75) is 24.4 Å². The third-order valence-corrected chi connectivity index (χ3v) is 1.51. The SMILES string of the molecule is O=C(O)[C@H](O)[C@@H](O)[C@H](O)[C@H](O)CO.[LiH].[Mn]. The van der Waals surface area contributed by atoms with Crippen LogP contribution >= 0.6 is 0 Å². The summed E-state index contributed by atoms with van der Waals surface area (Å²) in [4.78, 5) is 10.1. The number of aliphatic carboxylic acids is 1. The van der Waals surface area contributed by atoms with Crippen LogP contribution in [0.5, 0.6) is 0 Å². The molecule has 4 atom stereocenters. The van der Waals surface area contributed by atoms with E-state index in [0.717, 1.165) is 0 Å². The summed E-state index contributed by atoms with van der Waals surface area (Å²) in [6.45, 7) is -0.843. The Morgan fingerprint density at radius 3 is 1.73 bits per heavy atom. The molecule has 0 rings (SSSR count). The molecular formula is C6H13LiMnO7. The first-order chi connectivity index (χ1) is 5.91. The van der Waals surface area contributed by atoms with Crippen molar-refractivity contribution in [2.75, 3.05) is 6.61 Å². The number of aliphatic hydroxyl groups excluding tert-OH is 5.